The Labute approximate surface area is 741 Å². The Morgan fingerprint density at radius 2 is 0.488 bits per heavy atom. The minimum atomic E-state index is -0.942. The molecule has 3 atom stereocenters. The molecule has 2 aliphatic carbocycles. The molecule has 3 rings (SSSR count). The van der Waals surface area contributed by atoms with Crippen LogP contribution >= 0.6 is 0 Å². The highest BCUT2D eigenvalue weighted by molar-refractivity contribution is 5.80. The van der Waals surface area contributed by atoms with E-state index in [1.807, 2.05) is 11.9 Å². The maximum atomic E-state index is 12.9. The Morgan fingerprint density at radius 3 is 0.704 bits per heavy atom. The fourth-order valence-electron chi connectivity index (χ4n) is 11.9. The van der Waals surface area contributed by atoms with Crippen LogP contribution in [0.3, 0.4) is 0 Å². The van der Waals surface area contributed by atoms with Gasteiger partial charge in [-0.15, -0.1) is 0 Å². The standard InChI is InChI=1S/C83H157N5O34.CO2/c1-85-11-13-86(15-16-88(75-82(92)93)18-17-87(14-12-85)74-81(90)91)73-77(89)7-6-19-95-21-23-97-25-27-99-29-31-101-33-35-103-37-39-105-41-43-107-45-47-109-49-51-111-53-55-113-57-59-115-61-63-117-65-67-119-69-71-121-72-70-120-68-66-118-64-62-116-60-58-114-56-54-112-52-50-110-48-46-108-44-42-106-40-38-104-36-34-102-32-30-100-28-26-98-24-22-96-20-10-84-83(94)122-76-80-78-8-4-2-3-5-9-79(78)80;2-1-3/h2-3,78-80H,4-76H2,1H3,(H,84,94)(H,90,91)(H,92,93);/b3-2+;/t78-,79+,80?;. The lowest BCUT2D eigenvalue weighted by atomic mass is 10.1. The molecule has 1 saturated heterocycles. The SMILES string of the molecule is CN1CCN(CC(=O)O)CCN(CC(=O)O)CCN(CC(=O)CCCOCCOCCOCCOCCOCCOCCOCCOCCOCCOCCOCCOCCOCCOCCOCCOCCOCCOCCOCCOCCOCCOCCOCCOCCOCCOCCOCCNC(=O)OCC2[C@H]3CC/C=C/CC[C@@H]23)CC1.O=C=O. The Hall–Kier alpha value is -4.24. The predicted octanol–water partition coefficient (Wildman–Crippen LogP) is 0.940. The quantitative estimate of drug-likeness (QED) is 0.0563. The number of ether oxygens (including phenoxy) is 28. The highest BCUT2D eigenvalue weighted by Crippen LogP contribution is 2.52. The fraction of sp³-hybridized carbons (Fsp3) is 0.917. The smallest absolute Gasteiger partial charge is 0.407 e. The number of nitrogens with one attached hydrogen (secondary N) is 1. The molecule has 0 radical (unpaired) electrons. The lowest BCUT2D eigenvalue weighted by Gasteiger charge is -2.32. The molecule has 1 amide bonds. The second kappa shape index (κ2) is 94.4. The summed E-state index contributed by atoms with van der Waals surface area (Å²) in [6.45, 7) is 30.4. The highest BCUT2D eigenvalue weighted by Gasteiger charge is 2.49. The van der Waals surface area contributed by atoms with Crippen molar-refractivity contribution in [3.8, 4) is 0 Å². The molecule has 41 nitrogen and oxygen atoms in total. The van der Waals surface area contributed by atoms with Gasteiger partial charge < -0.3 is 153 Å². The zero-order valence-electron chi connectivity index (χ0n) is 75.1. The van der Waals surface area contributed by atoms with Crippen molar-refractivity contribution in [3.63, 3.8) is 0 Å². The van der Waals surface area contributed by atoms with Gasteiger partial charge in [0.15, 0.2) is 0 Å². The monoisotopic (exact) mass is 1810 g/mol. The van der Waals surface area contributed by atoms with Crippen LogP contribution in [0.5, 0.6) is 0 Å². The van der Waals surface area contributed by atoms with Crippen molar-refractivity contribution in [2.45, 2.75) is 38.5 Å². The summed E-state index contributed by atoms with van der Waals surface area (Å²) in [6.07, 6.45) is 10.1. The number of alkyl carbamates (subject to hydrolysis) is 1. The van der Waals surface area contributed by atoms with E-state index in [-0.39, 0.29) is 37.7 Å². The number of carboxylic acids is 2. The van der Waals surface area contributed by atoms with E-state index in [9.17, 15) is 29.4 Å². The first kappa shape index (κ1) is 117. The first-order valence-corrected chi connectivity index (χ1v) is 44.6. The Balaban J connectivity index is 0.0000174. The summed E-state index contributed by atoms with van der Waals surface area (Å²) in [5, 5.41) is 21.5. The van der Waals surface area contributed by atoms with Gasteiger partial charge >= 0.3 is 24.2 Å². The van der Waals surface area contributed by atoms with Crippen molar-refractivity contribution in [3.05, 3.63) is 12.2 Å². The van der Waals surface area contributed by atoms with E-state index < -0.39 is 11.9 Å². The van der Waals surface area contributed by atoms with Crippen molar-refractivity contribution in [2.75, 3.05) is 449 Å². The number of hydrogen-bond donors (Lipinski definition) is 3. The molecular formula is C84H157N5O36. The number of likely N-dealkylation sites (N-methyl/N-ethyl adjacent to an activating group) is 1. The number of aliphatic carboxylic acids is 2. The second-order valence-corrected chi connectivity index (χ2v) is 28.3. The number of hydrogen-bond acceptors (Lipinski definition) is 38. The molecule has 2 fully saturated rings. The zero-order valence-corrected chi connectivity index (χ0v) is 75.1. The first-order chi connectivity index (χ1) is 61.6. The normalized spacial score (nSPS) is 16.5. The van der Waals surface area contributed by atoms with Crippen molar-refractivity contribution < 1.29 is 172 Å². The maximum absolute atomic E-state index is 12.9. The van der Waals surface area contributed by atoms with Gasteiger partial charge in [0.05, 0.1) is 376 Å². The van der Waals surface area contributed by atoms with E-state index in [4.69, 9.17) is 142 Å². The molecule has 0 aromatic rings. The van der Waals surface area contributed by atoms with E-state index in [1.54, 1.807) is 4.90 Å². The van der Waals surface area contributed by atoms with Gasteiger partial charge in [-0.3, -0.25) is 29.1 Å². The number of rotatable bonds is 93. The lowest BCUT2D eigenvalue weighted by Crippen LogP contribution is -2.47. The average Bonchev–Trinajstić information content (AvgIpc) is 1.63. The minimum Gasteiger partial charge on any atom is -0.480 e. The predicted molar refractivity (Wildman–Crippen MR) is 451 cm³/mol. The summed E-state index contributed by atoms with van der Waals surface area (Å²) in [6, 6.07) is 0. The van der Waals surface area contributed by atoms with Crippen LogP contribution in [0, 0.1) is 17.8 Å². The van der Waals surface area contributed by atoms with E-state index in [0.717, 1.165) is 12.8 Å². The van der Waals surface area contributed by atoms with Crippen LogP contribution in [0.25, 0.3) is 0 Å². The van der Waals surface area contributed by atoms with Crippen molar-refractivity contribution in [2.24, 2.45) is 17.8 Å². The van der Waals surface area contributed by atoms with Crippen LogP contribution in [-0.2, 0) is 157 Å². The summed E-state index contributed by atoms with van der Waals surface area (Å²) in [5.41, 5.74) is 0. The summed E-state index contributed by atoms with van der Waals surface area (Å²) in [5.74, 6) is 0.196. The van der Waals surface area contributed by atoms with Crippen molar-refractivity contribution in [1.82, 2.24) is 24.9 Å². The number of Topliss-reactive ketones (excluding diaryl/α,β-unsaturated/α-hetero) is 1. The molecule has 0 aromatic carbocycles. The Morgan fingerprint density at radius 1 is 0.296 bits per heavy atom. The van der Waals surface area contributed by atoms with E-state index in [0.29, 0.717) is 453 Å². The molecule has 1 saturated carbocycles. The third-order valence-electron chi connectivity index (χ3n) is 18.5. The van der Waals surface area contributed by atoms with Gasteiger partial charge in [-0.1, -0.05) is 12.2 Å². The summed E-state index contributed by atoms with van der Waals surface area (Å²) < 4.78 is 155. The molecule has 3 N–H and O–H groups in total. The van der Waals surface area contributed by atoms with Crippen molar-refractivity contribution in [1.29, 1.82) is 0 Å². The van der Waals surface area contributed by atoms with Crippen LogP contribution in [0.2, 0.25) is 0 Å². The number of allylic oxidation sites excluding steroid dienone is 2. The van der Waals surface area contributed by atoms with Crippen LogP contribution in [0.15, 0.2) is 12.2 Å². The Bertz CT molecular complexity index is 2400. The molecule has 0 spiro atoms. The minimum absolute atomic E-state index is 0.0932. The Kier molecular flexibility index (Phi) is 88.2. The summed E-state index contributed by atoms with van der Waals surface area (Å²) >= 11 is 0. The van der Waals surface area contributed by atoms with Crippen LogP contribution < -0.4 is 5.32 Å². The molecule has 125 heavy (non-hydrogen) atoms. The number of carbonyl (C=O) groups is 4. The lowest BCUT2D eigenvalue weighted by molar-refractivity contribution is -0.191. The topological polar surface area (TPSA) is 426 Å². The van der Waals surface area contributed by atoms with E-state index in [1.165, 1.54) is 12.8 Å². The second-order valence-electron chi connectivity index (χ2n) is 28.3. The number of fused-ring (bicyclic) bond motifs is 1. The number of nitrogens with zero attached hydrogens (tertiary/aromatic N) is 4. The van der Waals surface area contributed by atoms with Gasteiger partial charge in [-0.05, 0) is 56.9 Å². The molecule has 1 heterocycles. The van der Waals surface area contributed by atoms with E-state index >= 15 is 0 Å². The van der Waals surface area contributed by atoms with Gasteiger partial charge in [0.1, 0.15) is 5.78 Å². The third kappa shape index (κ3) is 85.0. The van der Waals surface area contributed by atoms with Gasteiger partial charge in [0.25, 0.3) is 0 Å². The van der Waals surface area contributed by atoms with Gasteiger partial charge in [0, 0.05) is 71.9 Å². The first-order valence-electron chi connectivity index (χ1n) is 44.6. The molecule has 41 heteroatoms. The van der Waals surface area contributed by atoms with E-state index in [2.05, 4.69) is 27.3 Å². The maximum Gasteiger partial charge on any atom is 0.407 e. The van der Waals surface area contributed by atoms with Gasteiger partial charge in [-0.25, -0.2) is 4.79 Å². The molecule has 1 unspecified atom stereocenters. The highest BCUT2D eigenvalue weighted by atomic mass is 16.6. The van der Waals surface area contributed by atoms with Crippen LogP contribution in [0.1, 0.15) is 38.5 Å². The zero-order chi connectivity index (χ0) is 89.6. The number of carboxylic acid groups (broad SMARTS) is 2. The number of carbonyl (C=O) groups excluding carboxylic acids is 4. The average molecular weight is 1810 g/mol. The number of amides is 1. The number of ketones is 1. The third-order valence-corrected chi connectivity index (χ3v) is 18.5. The summed E-state index contributed by atoms with van der Waals surface area (Å²) in [4.78, 5) is 71.8. The van der Waals surface area contributed by atoms with Gasteiger partial charge in [-0.2, -0.15) is 9.59 Å². The molecule has 1 aliphatic heterocycles. The van der Waals surface area contributed by atoms with Gasteiger partial charge in [0.2, 0.25) is 0 Å². The fourth-order valence-corrected chi connectivity index (χ4v) is 11.9. The molecule has 0 bridgehead atoms. The largest absolute Gasteiger partial charge is 0.480 e. The summed E-state index contributed by atoms with van der Waals surface area (Å²) in [7, 11) is 1.98. The molecule has 3 aliphatic rings. The van der Waals surface area contributed by atoms with Crippen molar-refractivity contribution >= 4 is 30.0 Å². The van der Waals surface area contributed by atoms with Crippen LogP contribution in [0.4, 0.5) is 4.79 Å². The van der Waals surface area contributed by atoms with Crippen LogP contribution in [-0.4, -0.2) is 509 Å². The molecule has 0 aromatic heterocycles. The molecule has 734 valence electrons. The molecular weight excluding hydrogens is 1650 g/mol.